The molecule has 1 N–H and O–H groups in total. The van der Waals surface area contributed by atoms with Crippen molar-refractivity contribution in [3.8, 4) is 0 Å². The molecule has 0 aromatic carbocycles. The van der Waals surface area contributed by atoms with E-state index in [9.17, 15) is 0 Å². The van der Waals surface area contributed by atoms with Crippen LogP contribution in [0.25, 0.3) is 0 Å². The molecule has 0 spiro atoms. The summed E-state index contributed by atoms with van der Waals surface area (Å²) in [6.45, 7) is 4.15. The van der Waals surface area contributed by atoms with Crippen LogP contribution in [0.1, 0.15) is 26.7 Å². The molecule has 1 saturated heterocycles. The molecule has 0 radical (unpaired) electrons. The zero-order valence-corrected chi connectivity index (χ0v) is 9.17. The van der Waals surface area contributed by atoms with Crippen molar-refractivity contribution < 1.29 is 5.21 Å². The third kappa shape index (κ3) is 2.90. The molecule has 1 heterocycles. The topological polar surface area (TPSA) is 32.6 Å². The van der Waals surface area contributed by atoms with Crippen LogP contribution >= 0.6 is 23.5 Å². The fraction of sp³-hybridized carbons (Fsp3) is 0.875. The zero-order valence-electron chi connectivity index (χ0n) is 7.54. The molecule has 70 valence electrons. The molecule has 0 aliphatic carbocycles. The van der Waals surface area contributed by atoms with Gasteiger partial charge in [-0.15, -0.1) is 23.5 Å². The quantitative estimate of drug-likeness (QED) is 0.437. The van der Waals surface area contributed by atoms with Gasteiger partial charge in [0.1, 0.15) is 0 Å². The van der Waals surface area contributed by atoms with Gasteiger partial charge in [-0.05, 0) is 26.7 Å². The molecular weight excluding hydrogens is 190 g/mol. The molecule has 1 fully saturated rings. The van der Waals surface area contributed by atoms with Crippen molar-refractivity contribution in [2.75, 3.05) is 11.5 Å². The van der Waals surface area contributed by atoms with E-state index < -0.39 is 0 Å². The Balaban J connectivity index is 2.30. The van der Waals surface area contributed by atoms with Crippen LogP contribution in [0.15, 0.2) is 5.16 Å². The van der Waals surface area contributed by atoms with Crippen molar-refractivity contribution >= 4 is 29.2 Å². The van der Waals surface area contributed by atoms with Crippen LogP contribution in [0.2, 0.25) is 0 Å². The Morgan fingerprint density at radius 3 is 2.58 bits per heavy atom. The van der Waals surface area contributed by atoms with Gasteiger partial charge in [-0.3, -0.25) is 0 Å². The van der Waals surface area contributed by atoms with Crippen LogP contribution in [0.5, 0.6) is 0 Å². The number of oxime groups is 1. The van der Waals surface area contributed by atoms with Gasteiger partial charge in [-0.2, -0.15) is 0 Å². The van der Waals surface area contributed by atoms with Gasteiger partial charge in [0, 0.05) is 11.5 Å². The van der Waals surface area contributed by atoms with Gasteiger partial charge in [-0.1, -0.05) is 5.16 Å². The van der Waals surface area contributed by atoms with Crippen LogP contribution in [0.4, 0.5) is 0 Å². The number of hydrogen-bond acceptors (Lipinski definition) is 4. The summed E-state index contributed by atoms with van der Waals surface area (Å²) >= 11 is 4.05. The van der Waals surface area contributed by atoms with Gasteiger partial charge in [0.15, 0.2) is 0 Å². The molecule has 0 amide bonds. The molecule has 12 heavy (non-hydrogen) atoms. The first-order valence-corrected chi connectivity index (χ1v) is 6.09. The average molecular weight is 205 g/mol. The SMILES string of the molecule is C/C(CCC1(C)SCCS1)=N\O. The van der Waals surface area contributed by atoms with Gasteiger partial charge >= 0.3 is 0 Å². The Bertz CT molecular complexity index is 176. The summed E-state index contributed by atoms with van der Waals surface area (Å²) in [4.78, 5) is 0. The lowest BCUT2D eigenvalue weighted by Gasteiger charge is -2.20. The fourth-order valence-corrected chi connectivity index (χ4v) is 4.02. The monoisotopic (exact) mass is 205 g/mol. The molecule has 2 nitrogen and oxygen atoms in total. The molecule has 0 bridgehead atoms. The Morgan fingerprint density at radius 2 is 2.08 bits per heavy atom. The maximum absolute atomic E-state index is 8.47. The highest BCUT2D eigenvalue weighted by Gasteiger charge is 2.29. The molecule has 0 saturated carbocycles. The van der Waals surface area contributed by atoms with Gasteiger partial charge in [-0.25, -0.2) is 0 Å². The van der Waals surface area contributed by atoms with E-state index in [0.29, 0.717) is 4.08 Å². The summed E-state index contributed by atoms with van der Waals surface area (Å²) in [5.41, 5.74) is 0.837. The summed E-state index contributed by atoms with van der Waals surface area (Å²) in [6, 6.07) is 0. The van der Waals surface area contributed by atoms with E-state index in [1.54, 1.807) is 0 Å². The number of nitrogens with zero attached hydrogens (tertiary/aromatic N) is 1. The molecule has 0 aromatic heterocycles. The maximum Gasteiger partial charge on any atom is 0.0587 e. The largest absolute Gasteiger partial charge is 0.411 e. The van der Waals surface area contributed by atoms with E-state index >= 15 is 0 Å². The van der Waals surface area contributed by atoms with Gasteiger partial charge < -0.3 is 5.21 Å². The molecule has 1 aliphatic rings. The molecule has 0 unspecified atom stereocenters. The molecule has 1 rings (SSSR count). The summed E-state index contributed by atoms with van der Waals surface area (Å²) < 4.78 is 0.367. The highest BCUT2D eigenvalue weighted by molar-refractivity contribution is 8.21. The standard InChI is InChI=1S/C8H15NOS2/c1-7(9-10)3-4-8(2)11-5-6-12-8/h10H,3-6H2,1-2H3/b9-7+. The van der Waals surface area contributed by atoms with Gasteiger partial charge in [0.2, 0.25) is 0 Å². The molecule has 0 atom stereocenters. The second-order valence-corrected chi connectivity index (χ2v) is 6.62. The fourth-order valence-electron chi connectivity index (χ4n) is 1.16. The smallest absolute Gasteiger partial charge is 0.0587 e. The van der Waals surface area contributed by atoms with Crippen molar-refractivity contribution in [1.29, 1.82) is 0 Å². The second-order valence-electron chi connectivity index (χ2n) is 3.17. The summed E-state index contributed by atoms with van der Waals surface area (Å²) in [5.74, 6) is 2.52. The van der Waals surface area contributed by atoms with E-state index in [0.717, 1.165) is 18.6 Å². The van der Waals surface area contributed by atoms with E-state index in [-0.39, 0.29) is 0 Å². The zero-order chi connectivity index (χ0) is 9.03. The maximum atomic E-state index is 8.47. The number of rotatable bonds is 3. The Kier molecular flexibility index (Phi) is 3.77. The van der Waals surface area contributed by atoms with E-state index in [1.807, 2.05) is 30.4 Å². The van der Waals surface area contributed by atoms with Crippen molar-refractivity contribution in [3.05, 3.63) is 0 Å². The van der Waals surface area contributed by atoms with Gasteiger partial charge in [0.05, 0.1) is 9.79 Å². The highest BCUT2D eigenvalue weighted by atomic mass is 32.2. The van der Waals surface area contributed by atoms with Crippen LogP contribution < -0.4 is 0 Å². The lowest BCUT2D eigenvalue weighted by Crippen LogP contribution is -2.12. The van der Waals surface area contributed by atoms with Crippen LogP contribution in [-0.2, 0) is 0 Å². The van der Waals surface area contributed by atoms with Gasteiger partial charge in [0.25, 0.3) is 0 Å². The lowest BCUT2D eigenvalue weighted by molar-refractivity contribution is 0.317. The van der Waals surface area contributed by atoms with Crippen molar-refractivity contribution in [3.63, 3.8) is 0 Å². The minimum atomic E-state index is 0.367. The van der Waals surface area contributed by atoms with Crippen molar-refractivity contribution in [2.24, 2.45) is 5.16 Å². The predicted molar refractivity (Wildman–Crippen MR) is 57.5 cm³/mol. The van der Waals surface area contributed by atoms with E-state index in [2.05, 4.69) is 12.1 Å². The Morgan fingerprint density at radius 1 is 1.50 bits per heavy atom. The highest BCUT2D eigenvalue weighted by Crippen LogP contribution is 2.46. The first-order chi connectivity index (χ1) is 5.66. The third-order valence-electron chi connectivity index (χ3n) is 2.01. The van der Waals surface area contributed by atoms with E-state index in [4.69, 9.17) is 5.21 Å². The third-order valence-corrected chi connectivity index (χ3v) is 5.42. The van der Waals surface area contributed by atoms with E-state index in [1.165, 1.54) is 11.5 Å². The summed E-state index contributed by atoms with van der Waals surface area (Å²) in [5, 5.41) is 11.6. The molecule has 4 heteroatoms. The Labute approximate surface area is 82.2 Å². The number of hydrogen-bond donors (Lipinski definition) is 1. The van der Waals surface area contributed by atoms with Crippen molar-refractivity contribution in [2.45, 2.75) is 30.8 Å². The minimum Gasteiger partial charge on any atom is -0.411 e. The lowest BCUT2D eigenvalue weighted by atomic mass is 10.2. The molecule has 0 aromatic rings. The Hall–Kier alpha value is 0.170. The number of thioether (sulfide) groups is 2. The summed E-state index contributed by atoms with van der Waals surface area (Å²) in [6.07, 6.45) is 2.02. The molecular formula is C8H15NOS2. The first-order valence-electron chi connectivity index (χ1n) is 4.12. The average Bonchev–Trinajstić information content (AvgIpc) is 2.49. The second kappa shape index (κ2) is 4.42. The van der Waals surface area contributed by atoms with Crippen LogP contribution in [0, 0.1) is 0 Å². The van der Waals surface area contributed by atoms with Crippen molar-refractivity contribution in [1.82, 2.24) is 0 Å². The normalized spacial score (nSPS) is 23.0. The van der Waals surface area contributed by atoms with Crippen LogP contribution in [0.3, 0.4) is 0 Å². The molecule has 1 aliphatic heterocycles. The minimum absolute atomic E-state index is 0.367. The summed E-state index contributed by atoms with van der Waals surface area (Å²) in [7, 11) is 0. The predicted octanol–water partition coefficient (Wildman–Crippen LogP) is 2.81. The van der Waals surface area contributed by atoms with Crippen LogP contribution in [-0.4, -0.2) is 26.5 Å². The first kappa shape index (κ1) is 10.3.